The third-order valence-electron chi connectivity index (χ3n) is 5.64. The lowest BCUT2D eigenvalue weighted by Gasteiger charge is -2.26. The maximum absolute atomic E-state index is 13.3. The molecule has 1 atom stereocenters. The molecule has 0 aliphatic heterocycles. The average molecular weight is 474 g/mol. The first kappa shape index (κ1) is 22.3. The van der Waals surface area contributed by atoms with Crippen LogP contribution in [-0.4, -0.2) is 20.5 Å². The van der Waals surface area contributed by atoms with E-state index >= 15 is 0 Å². The average Bonchev–Trinajstić information content (AvgIpc) is 3.00. The molecule has 30 heavy (non-hydrogen) atoms. The molecule has 0 spiro atoms. The smallest absolute Gasteiger partial charge is 0.268 e. The first-order chi connectivity index (χ1) is 14.0. The number of amides is 1. The summed E-state index contributed by atoms with van der Waals surface area (Å²) in [5.74, 6) is 5.79. The van der Waals surface area contributed by atoms with Gasteiger partial charge in [-0.25, -0.2) is 5.84 Å². The van der Waals surface area contributed by atoms with Crippen LogP contribution in [0.1, 0.15) is 53.0 Å². The van der Waals surface area contributed by atoms with E-state index in [0.29, 0.717) is 11.1 Å². The van der Waals surface area contributed by atoms with E-state index in [4.69, 9.17) is 11.6 Å². The molecule has 0 aliphatic carbocycles. The predicted molar refractivity (Wildman–Crippen MR) is 123 cm³/mol. The number of fused-ring (bicyclic) bond motifs is 1. The number of carbonyl (C=O) groups is 1. The summed E-state index contributed by atoms with van der Waals surface area (Å²) < 4.78 is 2.75. The Balaban J connectivity index is 2.08. The van der Waals surface area contributed by atoms with Crippen molar-refractivity contribution >= 4 is 32.7 Å². The summed E-state index contributed by atoms with van der Waals surface area (Å²) in [7, 11) is 0. The number of hydrogen-bond acceptors (Lipinski definition) is 4. The van der Waals surface area contributed by atoms with Gasteiger partial charge in [0.05, 0.1) is 23.3 Å². The molecule has 0 radical (unpaired) electrons. The SMILES string of the molecule is CC[C@](C)(N)n1cc(C)c2c(C(=O)N(N)Cc3c(C)cc(C)[nH]c3=O)cc(Br)cc21. The molecule has 0 saturated carbocycles. The Hall–Kier alpha value is -2.42. The summed E-state index contributed by atoms with van der Waals surface area (Å²) >= 11 is 3.51. The lowest BCUT2D eigenvalue weighted by atomic mass is 10.0. The van der Waals surface area contributed by atoms with Gasteiger partial charge >= 0.3 is 0 Å². The van der Waals surface area contributed by atoms with Crippen molar-refractivity contribution in [3.8, 4) is 0 Å². The fraction of sp³-hybridized carbons (Fsp3) is 0.364. The lowest BCUT2D eigenvalue weighted by molar-refractivity contribution is 0.0744. The van der Waals surface area contributed by atoms with Crippen molar-refractivity contribution in [2.45, 2.75) is 53.2 Å². The van der Waals surface area contributed by atoms with Gasteiger partial charge in [0.15, 0.2) is 0 Å². The fourth-order valence-electron chi connectivity index (χ4n) is 3.76. The van der Waals surface area contributed by atoms with E-state index in [1.807, 2.05) is 57.5 Å². The first-order valence-electron chi connectivity index (χ1n) is 9.82. The van der Waals surface area contributed by atoms with Crippen LogP contribution < -0.4 is 17.1 Å². The zero-order valence-electron chi connectivity index (χ0n) is 18.0. The number of H-pyrrole nitrogens is 1. The van der Waals surface area contributed by atoms with Crippen LogP contribution in [0.2, 0.25) is 0 Å². The van der Waals surface area contributed by atoms with Gasteiger partial charge in [-0.1, -0.05) is 22.9 Å². The van der Waals surface area contributed by atoms with Crippen LogP contribution in [0.25, 0.3) is 10.9 Å². The molecule has 0 saturated heterocycles. The summed E-state index contributed by atoms with van der Waals surface area (Å²) in [6, 6.07) is 5.58. The van der Waals surface area contributed by atoms with Crippen LogP contribution in [-0.2, 0) is 12.2 Å². The molecule has 3 aromatic rings. The van der Waals surface area contributed by atoms with E-state index in [-0.39, 0.29) is 18.0 Å². The molecule has 8 heteroatoms. The summed E-state index contributed by atoms with van der Waals surface area (Å²) in [5, 5.41) is 1.89. The highest BCUT2D eigenvalue weighted by Crippen LogP contribution is 2.32. The number of carbonyl (C=O) groups excluding carboxylic acids is 1. The number of aryl methyl sites for hydroxylation is 3. The van der Waals surface area contributed by atoms with Gasteiger partial charge in [0.25, 0.3) is 11.5 Å². The Morgan fingerprint density at radius 2 is 1.90 bits per heavy atom. The molecule has 1 amide bonds. The highest BCUT2D eigenvalue weighted by molar-refractivity contribution is 9.10. The van der Waals surface area contributed by atoms with Gasteiger partial charge in [0.2, 0.25) is 0 Å². The van der Waals surface area contributed by atoms with E-state index < -0.39 is 5.66 Å². The normalized spacial score (nSPS) is 13.5. The van der Waals surface area contributed by atoms with Crippen LogP contribution >= 0.6 is 15.9 Å². The summed E-state index contributed by atoms with van der Waals surface area (Å²) in [6.45, 7) is 9.59. The van der Waals surface area contributed by atoms with Gasteiger partial charge in [-0.15, -0.1) is 0 Å². The second-order valence-corrected chi connectivity index (χ2v) is 9.03. The van der Waals surface area contributed by atoms with Crippen molar-refractivity contribution in [3.63, 3.8) is 0 Å². The van der Waals surface area contributed by atoms with Gasteiger partial charge < -0.3 is 15.3 Å². The Morgan fingerprint density at radius 1 is 1.23 bits per heavy atom. The molecule has 1 aromatic carbocycles. The number of hydrazine groups is 1. The van der Waals surface area contributed by atoms with Crippen LogP contribution in [0.3, 0.4) is 0 Å². The Bertz CT molecular complexity index is 1190. The third kappa shape index (κ3) is 3.95. The fourth-order valence-corrected chi connectivity index (χ4v) is 4.21. The van der Waals surface area contributed by atoms with Crippen molar-refractivity contribution < 1.29 is 4.79 Å². The van der Waals surface area contributed by atoms with E-state index in [1.54, 1.807) is 6.07 Å². The van der Waals surface area contributed by atoms with Crippen LogP contribution in [0, 0.1) is 20.8 Å². The van der Waals surface area contributed by atoms with Crippen molar-refractivity contribution in [2.75, 3.05) is 0 Å². The summed E-state index contributed by atoms with van der Waals surface area (Å²) in [4.78, 5) is 28.4. The maximum Gasteiger partial charge on any atom is 0.268 e. The second kappa shape index (κ2) is 8.02. The number of hydrogen-bond donors (Lipinski definition) is 3. The Morgan fingerprint density at radius 3 is 2.50 bits per heavy atom. The minimum absolute atomic E-state index is 0.0115. The van der Waals surface area contributed by atoms with Gasteiger partial charge in [-0.2, -0.15) is 0 Å². The number of pyridine rings is 1. The molecule has 2 aromatic heterocycles. The third-order valence-corrected chi connectivity index (χ3v) is 6.10. The number of halogens is 1. The van der Waals surface area contributed by atoms with Crippen molar-refractivity contribution in [2.24, 2.45) is 11.6 Å². The summed E-state index contributed by atoms with van der Waals surface area (Å²) in [5.41, 5.74) is 9.94. The van der Waals surface area contributed by atoms with Crippen molar-refractivity contribution in [1.82, 2.24) is 14.6 Å². The maximum atomic E-state index is 13.3. The standard InChI is InChI=1S/C22H28BrN5O2/c1-6-22(5,24)27-10-13(3)19-16(8-15(23)9-18(19)27)21(30)28(25)11-17-12(2)7-14(4)26-20(17)29/h7-10H,6,11,24-25H2,1-5H3,(H,26,29)/t22-/m1/s1. The molecule has 7 nitrogen and oxygen atoms in total. The highest BCUT2D eigenvalue weighted by atomic mass is 79.9. The number of aromatic amines is 1. The summed E-state index contributed by atoms with van der Waals surface area (Å²) in [6.07, 6.45) is 2.69. The second-order valence-electron chi connectivity index (χ2n) is 8.12. The van der Waals surface area contributed by atoms with E-state index in [2.05, 4.69) is 20.9 Å². The number of aromatic nitrogens is 2. The molecule has 160 valence electrons. The van der Waals surface area contributed by atoms with Crippen molar-refractivity contribution in [1.29, 1.82) is 0 Å². The zero-order chi connectivity index (χ0) is 22.4. The molecule has 0 unspecified atom stereocenters. The van der Waals surface area contributed by atoms with Gasteiger partial charge in [0.1, 0.15) is 0 Å². The highest BCUT2D eigenvalue weighted by Gasteiger charge is 2.26. The number of nitrogens with two attached hydrogens (primary N) is 2. The number of rotatable bonds is 5. The molecule has 2 heterocycles. The predicted octanol–water partition coefficient (Wildman–Crippen LogP) is 3.57. The van der Waals surface area contributed by atoms with Crippen LogP contribution in [0.4, 0.5) is 0 Å². The van der Waals surface area contributed by atoms with E-state index in [1.165, 1.54) is 0 Å². The molecule has 0 bridgehead atoms. The van der Waals surface area contributed by atoms with Crippen molar-refractivity contribution in [3.05, 3.63) is 67.2 Å². The monoisotopic (exact) mass is 473 g/mol. The van der Waals surface area contributed by atoms with Gasteiger partial charge in [-0.05, 0) is 63.4 Å². The molecule has 0 fully saturated rings. The number of benzene rings is 1. The Kier molecular flexibility index (Phi) is 5.95. The van der Waals surface area contributed by atoms with Gasteiger partial charge in [0, 0.05) is 27.3 Å². The van der Waals surface area contributed by atoms with E-state index in [0.717, 1.165) is 43.6 Å². The van der Waals surface area contributed by atoms with Crippen LogP contribution in [0.5, 0.6) is 0 Å². The Labute approximate surface area is 184 Å². The number of nitrogens with zero attached hydrogens (tertiary/aromatic N) is 2. The topological polar surface area (TPSA) is 110 Å². The first-order valence-corrected chi connectivity index (χ1v) is 10.6. The zero-order valence-corrected chi connectivity index (χ0v) is 19.6. The van der Waals surface area contributed by atoms with E-state index in [9.17, 15) is 9.59 Å². The lowest BCUT2D eigenvalue weighted by Crippen LogP contribution is -2.39. The van der Waals surface area contributed by atoms with Gasteiger partial charge in [-0.3, -0.25) is 14.6 Å². The minimum Gasteiger partial charge on any atom is -0.329 e. The molecular weight excluding hydrogens is 446 g/mol. The molecule has 5 N–H and O–H groups in total. The largest absolute Gasteiger partial charge is 0.329 e. The number of nitrogens with one attached hydrogen (secondary N) is 1. The van der Waals surface area contributed by atoms with Crippen LogP contribution in [0.15, 0.2) is 33.7 Å². The molecular formula is C22H28BrN5O2. The quantitative estimate of drug-likeness (QED) is 0.298. The minimum atomic E-state index is -0.595. The molecule has 0 aliphatic rings. The molecule has 3 rings (SSSR count).